The van der Waals surface area contributed by atoms with Gasteiger partial charge in [0.1, 0.15) is 0 Å². The van der Waals surface area contributed by atoms with E-state index < -0.39 is 0 Å². The number of anilines is 2. The van der Waals surface area contributed by atoms with Crippen LogP contribution in [0.2, 0.25) is 0 Å². The molecule has 0 aliphatic heterocycles. The number of carbonyl (C=O) groups is 2. The molecule has 1 aliphatic rings. The van der Waals surface area contributed by atoms with E-state index in [2.05, 4.69) is 15.6 Å². The quantitative estimate of drug-likeness (QED) is 0.906. The van der Waals surface area contributed by atoms with Crippen molar-refractivity contribution in [3.05, 3.63) is 41.4 Å². The number of hydrogen-bond donors (Lipinski definition) is 2. The van der Waals surface area contributed by atoms with Crippen LogP contribution in [0.3, 0.4) is 0 Å². The summed E-state index contributed by atoms with van der Waals surface area (Å²) in [6.07, 6.45) is 5.85. The summed E-state index contributed by atoms with van der Waals surface area (Å²) in [6, 6.07) is 6.91. The average molecular weight is 315 g/mol. The lowest BCUT2D eigenvalue weighted by Gasteiger charge is -2.10. The second-order valence-corrected chi connectivity index (χ2v) is 6.23. The normalized spacial score (nSPS) is 14.7. The fraction of sp³-hybridized carbons (Fsp3) is 0.312. The minimum absolute atomic E-state index is 0.0810. The fourth-order valence-electron chi connectivity index (χ4n) is 2.59. The molecule has 2 N–H and O–H groups in total. The zero-order valence-electron chi connectivity index (χ0n) is 12.0. The molecule has 0 spiro atoms. The average Bonchev–Trinajstić information content (AvgIpc) is 3.21. The molecule has 2 aromatic rings. The van der Waals surface area contributed by atoms with Gasteiger partial charge in [0.05, 0.1) is 0 Å². The highest BCUT2D eigenvalue weighted by atomic mass is 32.1. The van der Waals surface area contributed by atoms with Crippen molar-refractivity contribution in [2.24, 2.45) is 5.92 Å². The molecule has 22 heavy (non-hydrogen) atoms. The van der Waals surface area contributed by atoms with Crippen molar-refractivity contribution in [1.82, 2.24) is 4.98 Å². The number of carbonyl (C=O) groups excluding carboxylic acids is 2. The van der Waals surface area contributed by atoms with E-state index in [1.165, 1.54) is 11.3 Å². The van der Waals surface area contributed by atoms with Crippen molar-refractivity contribution in [3.63, 3.8) is 0 Å². The van der Waals surface area contributed by atoms with Crippen LogP contribution in [0.4, 0.5) is 10.8 Å². The number of hydrogen-bond acceptors (Lipinski definition) is 4. The molecule has 0 saturated heterocycles. The first-order valence-electron chi connectivity index (χ1n) is 7.34. The van der Waals surface area contributed by atoms with Crippen molar-refractivity contribution in [2.45, 2.75) is 25.7 Å². The van der Waals surface area contributed by atoms with E-state index >= 15 is 0 Å². The molecular weight excluding hydrogens is 298 g/mol. The minimum Gasteiger partial charge on any atom is -0.326 e. The van der Waals surface area contributed by atoms with Crippen molar-refractivity contribution in [2.75, 3.05) is 10.6 Å². The molecular formula is C16H17N3O2S. The van der Waals surface area contributed by atoms with Crippen LogP contribution in [0.25, 0.3) is 0 Å². The number of nitrogens with one attached hydrogen (secondary N) is 2. The van der Waals surface area contributed by atoms with Gasteiger partial charge in [0, 0.05) is 28.7 Å². The maximum atomic E-state index is 12.0. The number of nitrogens with zero attached hydrogens (tertiary/aromatic N) is 1. The first-order chi connectivity index (χ1) is 10.7. The van der Waals surface area contributed by atoms with Gasteiger partial charge in [-0.25, -0.2) is 4.98 Å². The Morgan fingerprint density at radius 3 is 2.45 bits per heavy atom. The number of thiazole rings is 1. The second kappa shape index (κ2) is 6.70. The number of rotatable bonds is 4. The summed E-state index contributed by atoms with van der Waals surface area (Å²) in [4.78, 5) is 28.1. The van der Waals surface area contributed by atoms with Gasteiger partial charge in [-0.3, -0.25) is 14.9 Å². The van der Waals surface area contributed by atoms with E-state index in [0.717, 1.165) is 31.4 Å². The Hall–Kier alpha value is -2.21. The first-order valence-corrected chi connectivity index (χ1v) is 8.22. The van der Waals surface area contributed by atoms with Crippen LogP contribution in [0.1, 0.15) is 36.0 Å². The van der Waals surface area contributed by atoms with Gasteiger partial charge in [0.25, 0.3) is 5.91 Å². The van der Waals surface area contributed by atoms with Crippen LogP contribution in [0.15, 0.2) is 35.8 Å². The molecule has 3 rings (SSSR count). The molecule has 1 heterocycles. The van der Waals surface area contributed by atoms with Crippen LogP contribution < -0.4 is 10.6 Å². The number of benzene rings is 1. The molecule has 0 radical (unpaired) electrons. The summed E-state index contributed by atoms with van der Waals surface area (Å²) in [5.74, 6) is 0.00832. The third-order valence-electron chi connectivity index (χ3n) is 3.79. The summed E-state index contributed by atoms with van der Waals surface area (Å²) in [7, 11) is 0. The molecule has 1 saturated carbocycles. The SMILES string of the molecule is O=C(Nc1nccs1)c1ccc(NC(=O)C2CCCC2)cc1. The van der Waals surface area contributed by atoms with Gasteiger partial charge in [-0.15, -0.1) is 11.3 Å². The van der Waals surface area contributed by atoms with E-state index in [1.807, 2.05) is 0 Å². The summed E-state index contributed by atoms with van der Waals surface area (Å²) >= 11 is 1.37. The lowest BCUT2D eigenvalue weighted by atomic mass is 10.1. The highest BCUT2D eigenvalue weighted by molar-refractivity contribution is 7.13. The summed E-state index contributed by atoms with van der Waals surface area (Å²) in [6.45, 7) is 0. The summed E-state index contributed by atoms with van der Waals surface area (Å²) in [5, 5.41) is 8.01. The molecule has 5 nitrogen and oxygen atoms in total. The molecule has 0 atom stereocenters. The maximum absolute atomic E-state index is 12.0. The predicted molar refractivity (Wildman–Crippen MR) is 87.1 cm³/mol. The smallest absolute Gasteiger partial charge is 0.257 e. The topological polar surface area (TPSA) is 71.1 Å². The number of aromatic nitrogens is 1. The third kappa shape index (κ3) is 3.51. The molecule has 1 aromatic carbocycles. The van der Waals surface area contributed by atoms with Gasteiger partial charge in [-0.05, 0) is 37.1 Å². The lowest BCUT2D eigenvalue weighted by molar-refractivity contribution is -0.119. The Morgan fingerprint density at radius 2 is 1.82 bits per heavy atom. The van der Waals surface area contributed by atoms with E-state index in [4.69, 9.17) is 0 Å². The molecule has 1 aromatic heterocycles. The minimum atomic E-state index is -0.205. The fourth-order valence-corrected chi connectivity index (χ4v) is 3.12. The van der Waals surface area contributed by atoms with E-state index in [0.29, 0.717) is 10.7 Å². The van der Waals surface area contributed by atoms with Crippen molar-refractivity contribution >= 4 is 34.0 Å². The van der Waals surface area contributed by atoms with E-state index in [-0.39, 0.29) is 17.7 Å². The predicted octanol–water partition coefficient (Wildman–Crippen LogP) is 3.52. The lowest BCUT2D eigenvalue weighted by Crippen LogP contribution is -2.20. The summed E-state index contributed by atoms with van der Waals surface area (Å²) in [5.41, 5.74) is 1.26. The Balaban J connectivity index is 1.59. The van der Waals surface area contributed by atoms with Crippen LogP contribution in [-0.2, 0) is 4.79 Å². The molecule has 6 heteroatoms. The van der Waals surface area contributed by atoms with Gasteiger partial charge in [-0.1, -0.05) is 12.8 Å². The van der Waals surface area contributed by atoms with E-state index in [1.54, 1.807) is 35.8 Å². The Labute approximate surface area is 132 Å². The molecule has 114 valence electrons. The zero-order chi connectivity index (χ0) is 15.4. The standard InChI is InChI=1S/C16H17N3O2S/c20-14(11-3-1-2-4-11)18-13-7-5-12(6-8-13)15(21)19-16-17-9-10-22-16/h5-11H,1-4H2,(H,18,20)(H,17,19,21). The van der Waals surface area contributed by atoms with Crippen LogP contribution in [0.5, 0.6) is 0 Å². The van der Waals surface area contributed by atoms with Crippen LogP contribution >= 0.6 is 11.3 Å². The zero-order valence-corrected chi connectivity index (χ0v) is 12.9. The molecule has 2 amide bonds. The maximum Gasteiger partial charge on any atom is 0.257 e. The van der Waals surface area contributed by atoms with Gasteiger partial charge in [0.15, 0.2) is 5.13 Å². The van der Waals surface area contributed by atoms with Gasteiger partial charge < -0.3 is 5.32 Å². The molecule has 0 unspecified atom stereocenters. The molecule has 1 aliphatic carbocycles. The molecule has 1 fully saturated rings. The largest absolute Gasteiger partial charge is 0.326 e. The van der Waals surface area contributed by atoms with Crippen LogP contribution in [0, 0.1) is 5.92 Å². The second-order valence-electron chi connectivity index (χ2n) is 5.34. The van der Waals surface area contributed by atoms with Crippen molar-refractivity contribution in [1.29, 1.82) is 0 Å². The Morgan fingerprint density at radius 1 is 1.09 bits per heavy atom. The molecule has 0 bridgehead atoms. The monoisotopic (exact) mass is 315 g/mol. The van der Waals surface area contributed by atoms with Gasteiger partial charge >= 0.3 is 0 Å². The highest BCUT2D eigenvalue weighted by Crippen LogP contribution is 2.26. The Kier molecular flexibility index (Phi) is 4.48. The van der Waals surface area contributed by atoms with Gasteiger partial charge in [-0.2, -0.15) is 0 Å². The van der Waals surface area contributed by atoms with Crippen molar-refractivity contribution < 1.29 is 9.59 Å². The van der Waals surface area contributed by atoms with Gasteiger partial charge in [0.2, 0.25) is 5.91 Å². The Bertz CT molecular complexity index is 647. The third-order valence-corrected chi connectivity index (χ3v) is 4.48. The van der Waals surface area contributed by atoms with E-state index in [9.17, 15) is 9.59 Å². The highest BCUT2D eigenvalue weighted by Gasteiger charge is 2.22. The van der Waals surface area contributed by atoms with Crippen LogP contribution in [-0.4, -0.2) is 16.8 Å². The number of amides is 2. The summed E-state index contributed by atoms with van der Waals surface area (Å²) < 4.78 is 0. The van der Waals surface area contributed by atoms with Crippen molar-refractivity contribution in [3.8, 4) is 0 Å². The first kappa shape index (κ1) is 14.7.